The van der Waals surface area contributed by atoms with Gasteiger partial charge in [-0.2, -0.15) is 0 Å². The summed E-state index contributed by atoms with van der Waals surface area (Å²) in [5.41, 5.74) is 2.50. The third kappa shape index (κ3) is 1.85. The zero-order valence-corrected chi connectivity index (χ0v) is 13.5. The van der Waals surface area contributed by atoms with Crippen molar-refractivity contribution in [2.75, 3.05) is 5.75 Å². The molecule has 0 aromatic carbocycles. The lowest BCUT2D eigenvalue weighted by molar-refractivity contribution is -0.0681. The van der Waals surface area contributed by atoms with E-state index in [9.17, 15) is 5.11 Å². The highest BCUT2D eigenvalue weighted by Crippen LogP contribution is 2.70. The molecule has 4 atom stereocenters. The van der Waals surface area contributed by atoms with Crippen LogP contribution in [0.5, 0.6) is 0 Å². The molecular weight excluding hydrogens is 282 g/mol. The van der Waals surface area contributed by atoms with Gasteiger partial charge in [-0.1, -0.05) is 19.9 Å². The van der Waals surface area contributed by atoms with E-state index in [1.54, 1.807) is 0 Å². The molecule has 21 heavy (non-hydrogen) atoms. The fourth-order valence-electron chi connectivity index (χ4n) is 4.82. The van der Waals surface area contributed by atoms with Gasteiger partial charge in [-0.3, -0.25) is 4.98 Å². The molecule has 3 nitrogen and oxygen atoms in total. The summed E-state index contributed by atoms with van der Waals surface area (Å²) in [5.74, 6) is 2.00. The summed E-state index contributed by atoms with van der Waals surface area (Å²) >= 11 is 1.90. The number of aromatic nitrogens is 1. The number of nitrogens with zero attached hydrogens (tertiary/aromatic N) is 1. The minimum Gasteiger partial charge on any atom is -0.390 e. The highest BCUT2D eigenvalue weighted by Gasteiger charge is 2.66. The predicted molar refractivity (Wildman–Crippen MR) is 83.8 cm³/mol. The van der Waals surface area contributed by atoms with Gasteiger partial charge >= 0.3 is 0 Å². The van der Waals surface area contributed by atoms with Gasteiger partial charge in [-0.05, 0) is 42.7 Å². The van der Waals surface area contributed by atoms with E-state index < -0.39 is 0 Å². The van der Waals surface area contributed by atoms with Crippen LogP contribution in [0.2, 0.25) is 0 Å². The summed E-state index contributed by atoms with van der Waals surface area (Å²) in [7, 11) is 0. The quantitative estimate of drug-likeness (QED) is 0.907. The lowest BCUT2D eigenvalue weighted by atomic mass is 9.69. The van der Waals surface area contributed by atoms with Crippen LogP contribution in [0, 0.1) is 16.7 Å². The Morgan fingerprint density at radius 1 is 1.43 bits per heavy atom. The first-order chi connectivity index (χ1) is 10.1. The first-order valence-corrected chi connectivity index (χ1v) is 8.95. The Kier molecular flexibility index (Phi) is 3.15. The van der Waals surface area contributed by atoms with Crippen molar-refractivity contribution in [2.24, 2.45) is 16.7 Å². The Bertz CT molecular complexity index is 561. The van der Waals surface area contributed by atoms with Crippen LogP contribution in [0.15, 0.2) is 18.2 Å². The zero-order chi connectivity index (χ0) is 14.7. The number of fused-ring (bicyclic) bond motifs is 1. The zero-order valence-electron chi connectivity index (χ0n) is 12.7. The average molecular weight is 305 g/mol. The second-order valence-electron chi connectivity index (χ2n) is 7.33. The molecule has 1 aliphatic heterocycles. The summed E-state index contributed by atoms with van der Waals surface area (Å²) in [5, 5.41) is 9.25. The second kappa shape index (κ2) is 4.71. The van der Waals surface area contributed by atoms with Crippen molar-refractivity contribution in [3.05, 3.63) is 29.6 Å². The molecule has 1 spiro atoms. The monoisotopic (exact) mass is 305 g/mol. The first-order valence-electron chi connectivity index (χ1n) is 7.90. The fourth-order valence-corrected chi connectivity index (χ4v) is 6.48. The molecule has 1 N–H and O–H groups in total. The summed E-state index contributed by atoms with van der Waals surface area (Å²) in [6.07, 6.45) is 4.29. The smallest absolute Gasteiger partial charge is 0.145 e. The second-order valence-corrected chi connectivity index (χ2v) is 8.38. The summed E-state index contributed by atoms with van der Waals surface area (Å²) in [6.45, 7) is 4.88. The third-order valence-electron chi connectivity index (χ3n) is 6.37. The van der Waals surface area contributed by atoms with E-state index >= 15 is 0 Å². The molecule has 3 aliphatic rings. The van der Waals surface area contributed by atoms with Gasteiger partial charge < -0.3 is 9.84 Å². The van der Waals surface area contributed by atoms with Gasteiger partial charge in [0.1, 0.15) is 5.44 Å². The van der Waals surface area contributed by atoms with Crippen molar-refractivity contribution >= 4 is 11.8 Å². The van der Waals surface area contributed by atoms with Crippen molar-refractivity contribution < 1.29 is 9.84 Å². The van der Waals surface area contributed by atoms with Crippen LogP contribution >= 0.6 is 11.8 Å². The van der Waals surface area contributed by atoms with Gasteiger partial charge in [0.2, 0.25) is 0 Å². The van der Waals surface area contributed by atoms with E-state index in [0.717, 1.165) is 17.3 Å². The molecule has 0 radical (unpaired) electrons. The van der Waals surface area contributed by atoms with E-state index in [2.05, 4.69) is 18.8 Å². The van der Waals surface area contributed by atoms with Gasteiger partial charge in [-0.25, -0.2) is 0 Å². The number of hydrogen-bond donors (Lipinski definition) is 1. The number of hydrogen-bond acceptors (Lipinski definition) is 4. The van der Waals surface area contributed by atoms with Crippen LogP contribution in [0.1, 0.15) is 49.9 Å². The number of rotatable bonds is 2. The Balaban J connectivity index is 1.59. The Hall–Kier alpha value is -0.580. The molecule has 2 aliphatic carbocycles. The van der Waals surface area contributed by atoms with Crippen molar-refractivity contribution in [1.82, 2.24) is 4.98 Å². The molecule has 2 bridgehead atoms. The SMILES string of the molecule is CC1(C)[C@@H]2CC[C@]13CS[C@H](c1cccc(CO)n1)O[C@@H]3C2. The molecule has 0 unspecified atom stereocenters. The van der Waals surface area contributed by atoms with Gasteiger partial charge in [0.25, 0.3) is 0 Å². The van der Waals surface area contributed by atoms with Crippen molar-refractivity contribution in [2.45, 2.75) is 51.3 Å². The maximum Gasteiger partial charge on any atom is 0.145 e. The average Bonchev–Trinajstić information content (AvgIpc) is 2.88. The lowest BCUT2D eigenvalue weighted by Gasteiger charge is -2.47. The minimum absolute atomic E-state index is 0.00625. The van der Waals surface area contributed by atoms with Crippen LogP contribution in [0.4, 0.5) is 0 Å². The van der Waals surface area contributed by atoms with Gasteiger partial charge in [-0.15, -0.1) is 11.8 Å². The van der Waals surface area contributed by atoms with Crippen LogP contribution < -0.4 is 0 Å². The number of thioether (sulfide) groups is 1. The molecule has 114 valence electrons. The molecule has 2 saturated carbocycles. The van der Waals surface area contributed by atoms with Gasteiger partial charge in [0.05, 0.1) is 24.1 Å². The largest absolute Gasteiger partial charge is 0.390 e. The van der Waals surface area contributed by atoms with E-state index in [1.807, 2.05) is 30.0 Å². The minimum atomic E-state index is -0.00625. The molecule has 3 fully saturated rings. The van der Waals surface area contributed by atoms with Crippen LogP contribution in [0.25, 0.3) is 0 Å². The van der Waals surface area contributed by atoms with E-state index in [1.165, 1.54) is 25.0 Å². The number of aliphatic hydroxyl groups is 1. The van der Waals surface area contributed by atoms with Crippen molar-refractivity contribution in [1.29, 1.82) is 0 Å². The maximum atomic E-state index is 9.25. The van der Waals surface area contributed by atoms with Crippen LogP contribution in [-0.4, -0.2) is 21.9 Å². The lowest BCUT2D eigenvalue weighted by Crippen LogP contribution is -2.45. The predicted octanol–water partition coefficient (Wildman–Crippen LogP) is 3.53. The molecule has 4 rings (SSSR count). The number of aliphatic hydroxyl groups excluding tert-OH is 1. The summed E-state index contributed by atoms with van der Waals surface area (Å²) in [6, 6.07) is 5.85. The van der Waals surface area contributed by atoms with Crippen molar-refractivity contribution in [3.63, 3.8) is 0 Å². The number of pyridine rings is 1. The fraction of sp³-hybridized carbons (Fsp3) is 0.706. The summed E-state index contributed by atoms with van der Waals surface area (Å²) < 4.78 is 6.48. The van der Waals surface area contributed by atoms with Crippen molar-refractivity contribution in [3.8, 4) is 0 Å². The number of ether oxygens (including phenoxy) is 1. The van der Waals surface area contributed by atoms with E-state index in [4.69, 9.17) is 4.74 Å². The maximum absolute atomic E-state index is 9.25. The highest BCUT2D eigenvalue weighted by atomic mass is 32.2. The molecule has 4 heteroatoms. The Labute approximate surface area is 130 Å². The van der Waals surface area contributed by atoms with E-state index in [-0.39, 0.29) is 12.0 Å². The van der Waals surface area contributed by atoms with Crippen LogP contribution in [0.3, 0.4) is 0 Å². The summed E-state index contributed by atoms with van der Waals surface area (Å²) in [4.78, 5) is 4.53. The van der Waals surface area contributed by atoms with Gasteiger partial charge in [0, 0.05) is 11.2 Å². The standard InChI is InChI=1S/C17H23NO2S/c1-16(2)11-6-7-17(16)10-21-15(20-14(17)8-11)13-5-3-4-12(9-19)18-13/h3-5,11,14-15,19H,6-10H2,1-2H3/t11-,14-,15-,17-/m1/s1. The molecule has 1 aromatic heterocycles. The first kappa shape index (κ1) is 14.0. The molecule has 0 amide bonds. The molecular formula is C17H23NO2S. The third-order valence-corrected chi connectivity index (χ3v) is 7.71. The van der Waals surface area contributed by atoms with Crippen LogP contribution in [-0.2, 0) is 11.3 Å². The molecule has 2 heterocycles. The molecule has 1 aromatic rings. The van der Waals surface area contributed by atoms with Gasteiger partial charge in [0.15, 0.2) is 0 Å². The highest BCUT2D eigenvalue weighted by molar-refractivity contribution is 7.99. The topological polar surface area (TPSA) is 42.4 Å². The van der Waals surface area contributed by atoms with E-state index in [0.29, 0.717) is 16.9 Å². The normalized spacial score (nSPS) is 40.2. The Morgan fingerprint density at radius 2 is 2.29 bits per heavy atom. The molecule has 1 saturated heterocycles. The Morgan fingerprint density at radius 3 is 3.05 bits per heavy atom.